The lowest BCUT2D eigenvalue weighted by Crippen LogP contribution is -2.50. The summed E-state index contributed by atoms with van der Waals surface area (Å²) < 4.78 is 7.20. The minimum Gasteiger partial charge on any atom is -0.452 e. The second kappa shape index (κ2) is 9.65. The van der Waals surface area contributed by atoms with Crippen LogP contribution in [0.15, 0.2) is 23.0 Å². The number of esters is 1. The highest BCUT2D eigenvalue weighted by Gasteiger charge is 2.33. The van der Waals surface area contributed by atoms with Crippen molar-refractivity contribution in [3.8, 4) is 0 Å². The normalized spacial score (nSPS) is 19.4. The van der Waals surface area contributed by atoms with Crippen molar-refractivity contribution in [3.63, 3.8) is 0 Å². The lowest BCUT2D eigenvalue weighted by molar-refractivity contribution is -0.141. The summed E-state index contributed by atoms with van der Waals surface area (Å²) in [6, 6.07) is 5.40. The molecule has 1 aliphatic heterocycles. The van der Waals surface area contributed by atoms with E-state index in [0.717, 1.165) is 70.0 Å². The lowest BCUT2D eigenvalue weighted by Gasteiger charge is -2.41. The van der Waals surface area contributed by atoms with Crippen molar-refractivity contribution in [2.45, 2.75) is 95.7 Å². The first-order valence-corrected chi connectivity index (χ1v) is 12.6. The zero-order chi connectivity index (χ0) is 22.8. The van der Waals surface area contributed by atoms with Crippen LogP contribution in [-0.2, 0) is 22.5 Å². The van der Waals surface area contributed by atoms with Gasteiger partial charge in [0.2, 0.25) is 0 Å². The standard InChI is InChI=1S/C26H33N3O4/c30-24(29(19-8-3-1-4-9-19)20-10-5-2-6-11-20)17-33-26(32)18-13-14-21-22(16-18)27-23-12-7-15-28(23)25(21)31/h13-14,16,19-20H,1-12,15,17H2. The Balaban J connectivity index is 1.29. The maximum atomic E-state index is 13.3. The average Bonchev–Trinajstić information content (AvgIpc) is 3.33. The summed E-state index contributed by atoms with van der Waals surface area (Å²) in [6.45, 7) is 0.464. The van der Waals surface area contributed by atoms with E-state index >= 15 is 0 Å². The lowest BCUT2D eigenvalue weighted by atomic mass is 9.88. The Morgan fingerprint density at radius 1 is 0.970 bits per heavy atom. The van der Waals surface area contributed by atoms with Crippen molar-refractivity contribution in [2.75, 3.05) is 6.61 Å². The van der Waals surface area contributed by atoms with Gasteiger partial charge in [-0.3, -0.25) is 14.2 Å². The Morgan fingerprint density at radius 2 is 1.64 bits per heavy atom. The molecule has 0 N–H and O–H groups in total. The van der Waals surface area contributed by atoms with E-state index in [-0.39, 0.29) is 30.2 Å². The topological polar surface area (TPSA) is 81.5 Å². The molecule has 0 spiro atoms. The van der Waals surface area contributed by atoms with E-state index in [9.17, 15) is 14.4 Å². The number of fused-ring (bicyclic) bond motifs is 2. The Kier molecular flexibility index (Phi) is 6.47. The molecule has 7 heteroatoms. The zero-order valence-electron chi connectivity index (χ0n) is 19.3. The summed E-state index contributed by atoms with van der Waals surface area (Å²) >= 11 is 0. The van der Waals surface area contributed by atoms with Crippen LogP contribution in [-0.4, -0.2) is 45.0 Å². The summed E-state index contributed by atoms with van der Waals surface area (Å²) in [6.07, 6.45) is 13.0. The predicted molar refractivity (Wildman–Crippen MR) is 125 cm³/mol. The molecule has 0 atom stereocenters. The van der Waals surface area contributed by atoms with Crippen LogP contribution in [0, 0.1) is 0 Å². The number of ether oxygens (including phenoxy) is 1. The molecule has 33 heavy (non-hydrogen) atoms. The second-order valence-corrected chi connectivity index (χ2v) is 9.78. The molecule has 0 saturated heterocycles. The molecule has 176 valence electrons. The average molecular weight is 452 g/mol. The third-order valence-corrected chi connectivity index (χ3v) is 7.60. The summed E-state index contributed by atoms with van der Waals surface area (Å²) in [7, 11) is 0. The van der Waals surface area contributed by atoms with Crippen LogP contribution >= 0.6 is 0 Å². The Morgan fingerprint density at radius 3 is 2.30 bits per heavy atom. The van der Waals surface area contributed by atoms with Crippen molar-refractivity contribution in [3.05, 3.63) is 39.9 Å². The largest absolute Gasteiger partial charge is 0.452 e. The molecule has 0 unspecified atom stereocenters. The fourth-order valence-electron chi connectivity index (χ4n) is 5.92. The van der Waals surface area contributed by atoms with E-state index < -0.39 is 5.97 Å². The van der Waals surface area contributed by atoms with Crippen LogP contribution in [0.3, 0.4) is 0 Å². The van der Waals surface area contributed by atoms with Crippen LogP contribution < -0.4 is 5.56 Å². The molecule has 0 radical (unpaired) electrons. The van der Waals surface area contributed by atoms with Crippen LogP contribution in [0.1, 0.15) is 86.8 Å². The number of amides is 1. The highest BCUT2D eigenvalue weighted by Crippen LogP contribution is 2.30. The number of rotatable bonds is 5. The van der Waals surface area contributed by atoms with Gasteiger partial charge in [-0.25, -0.2) is 9.78 Å². The van der Waals surface area contributed by atoms with Crippen molar-refractivity contribution in [1.29, 1.82) is 0 Å². The van der Waals surface area contributed by atoms with Crippen molar-refractivity contribution in [2.24, 2.45) is 0 Å². The molecule has 1 aromatic heterocycles. The molecule has 2 saturated carbocycles. The first kappa shape index (κ1) is 22.1. The minimum absolute atomic E-state index is 0.0572. The molecular weight excluding hydrogens is 418 g/mol. The van der Waals surface area contributed by atoms with E-state index in [1.165, 1.54) is 12.8 Å². The van der Waals surface area contributed by atoms with E-state index in [2.05, 4.69) is 9.88 Å². The number of hydrogen-bond donors (Lipinski definition) is 0. The molecule has 1 amide bonds. The van der Waals surface area contributed by atoms with Gasteiger partial charge < -0.3 is 9.64 Å². The number of carbonyl (C=O) groups is 2. The number of nitrogens with zero attached hydrogens (tertiary/aromatic N) is 3. The molecular formula is C26H33N3O4. The van der Waals surface area contributed by atoms with Crippen molar-refractivity contribution in [1.82, 2.24) is 14.5 Å². The number of benzene rings is 1. The Labute approximate surface area is 194 Å². The van der Waals surface area contributed by atoms with Gasteiger partial charge in [0.1, 0.15) is 5.82 Å². The van der Waals surface area contributed by atoms with E-state index in [4.69, 9.17) is 4.74 Å². The van der Waals surface area contributed by atoms with Crippen LogP contribution in [0.5, 0.6) is 0 Å². The monoisotopic (exact) mass is 451 g/mol. The Hall–Kier alpha value is -2.70. The summed E-state index contributed by atoms with van der Waals surface area (Å²) in [5.41, 5.74) is 0.783. The zero-order valence-corrected chi connectivity index (χ0v) is 19.3. The van der Waals surface area contributed by atoms with Gasteiger partial charge in [-0.1, -0.05) is 38.5 Å². The third-order valence-electron chi connectivity index (χ3n) is 7.60. The van der Waals surface area contributed by atoms with Gasteiger partial charge in [0, 0.05) is 25.0 Å². The van der Waals surface area contributed by atoms with Gasteiger partial charge in [-0.2, -0.15) is 0 Å². The number of aryl methyl sites for hydroxylation is 1. The van der Waals surface area contributed by atoms with Crippen LogP contribution in [0.2, 0.25) is 0 Å². The van der Waals surface area contributed by atoms with E-state index in [0.29, 0.717) is 23.0 Å². The fourth-order valence-corrected chi connectivity index (χ4v) is 5.92. The molecule has 3 aliphatic rings. The highest BCUT2D eigenvalue weighted by molar-refractivity contribution is 5.95. The smallest absolute Gasteiger partial charge is 0.338 e. The SMILES string of the molecule is O=C(OCC(=O)N(C1CCCCC1)C1CCCCC1)c1ccc2c(=O)n3c(nc2c1)CCC3. The molecule has 2 aliphatic carbocycles. The first-order chi connectivity index (χ1) is 16.1. The highest BCUT2D eigenvalue weighted by atomic mass is 16.5. The number of aromatic nitrogens is 2. The molecule has 1 aromatic carbocycles. The number of hydrogen-bond acceptors (Lipinski definition) is 5. The van der Waals surface area contributed by atoms with E-state index in [1.54, 1.807) is 22.8 Å². The molecule has 2 heterocycles. The molecule has 2 aromatic rings. The maximum Gasteiger partial charge on any atom is 0.338 e. The van der Waals surface area contributed by atoms with Gasteiger partial charge in [0.15, 0.2) is 6.61 Å². The van der Waals surface area contributed by atoms with Gasteiger partial charge in [0.25, 0.3) is 11.5 Å². The van der Waals surface area contributed by atoms with E-state index in [1.807, 2.05) is 0 Å². The molecule has 0 bridgehead atoms. The molecule has 7 nitrogen and oxygen atoms in total. The van der Waals surface area contributed by atoms with Gasteiger partial charge in [0.05, 0.1) is 16.5 Å². The van der Waals surface area contributed by atoms with Crippen molar-refractivity contribution >= 4 is 22.8 Å². The quantitative estimate of drug-likeness (QED) is 0.642. The van der Waals surface area contributed by atoms with Crippen LogP contribution in [0.4, 0.5) is 0 Å². The predicted octanol–water partition coefficient (Wildman–Crippen LogP) is 3.99. The van der Waals surface area contributed by atoms with Gasteiger partial charge in [-0.05, 0) is 50.3 Å². The second-order valence-electron chi connectivity index (χ2n) is 9.78. The summed E-state index contributed by atoms with van der Waals surface area (Å²) in [4.78, 5) is 45.3. The maximum absolute atomic E-state index is 13.3. The van der Waals surface area contributed by atoms with Gasteiger partial charge in [-0.15, -0.1) is 0 Å². The summed E-state index contributed by atoms with van der Waals surface area (Å²) in [5.74, 6) is 0.154. The first-order valence-electron chi connectivity index (χ1n) is 12.6. The van der Waals surface area contributed by atoms with Gasteiger partial charge >= 0.3 is 5.97 Å². The minimum atomic E-state index is -0.542. The number of carbonyl (C=O) groups excluding carboxylic acids is 2. The fraction of sp³-hybridized carbons (Fsp3) is 0.615. The molecule has 2 fully saturated rings. The third kappa shape index (κ3) is 4.55. The van der Waals surface area contributed by atoms with Crippen LogP contribution in [0.25, 0.3) is 10.9 Å². The molecule has 5 rings (SSSR count). The Bertz CT molecular complexity index is 1080. The summed E-state index contributed by atoms with van der Waals surface area (Å²) in [5, 5.41) is 0.508. The van der Waals surface area contributed by atoms with Crippen molar-refractivity contribution < 1.29 is 14.3 Å².